The third kappa shape index (κ3) is 6.16. The molecule has 24 heavy (non-hydrogen) atoms. The fraction of sp³-hybridized carbons (Fsp3) is 0.286. The number of nitrogens with one attached hydrogen (secondary N) is 1. The maximum Gasteiger partial charge on any atom is 0.362 e. The summed E-state index contributed by atoms with van der Waals surface area (Å²) in [5.74, 6) is -2.77. The van der Waals surface area contributed by atoms with Crippen molar-refractivity contribution in [3.63, 3.8) is 0 Å². The Labute approximate surface area is 139 Å². The van der Waals surface area contributed by atoms with E-state index in [9.17, 15) is 22.8 Å². The second kappa shape index (κ2) is 9.40. The van der Waals surface area contributed by atoms with Gasteiger partial charge >= 0.3 is 11.9 Å². The average molecular weight is 356 g/mol. The molecule has 0 radical (unpaired) electrons. The topological polar surface area (TPSA) is 128 Å². The number of hydrogen-bond donors (Lipinski definition) is 2. The van der Waals surface area contributed by atoms with Gasteiger partial charge in [0.25, 0.3) is 0 Å². The maximum absolute atomic E-state index is 11.9. The van der Waals surface area contributed by atoms with Gasteiger partial charge in [-0.2, -0.15) is 5.10 Å². The van der Waals surface area contributed by atoms with Crippen LogP contribution in [-0.2, 0) is 40.3 Å². The zero-order valence-electron chi connectivity index (χ0n) is 13.0. The first-order chi connectivity index (χ1) is 11.4. The van der Waals surface area contributed by atoms with Crippen molar-refractivity contribution in [3.05, 3.63) is 29.8 Å². The van der Waals surface area contributed by atoms with Crippen molar-refractivity contribution >= 4 is 39.8 Å². The van der Waals surface area contributed by atoms with Gasteiger partial charge in [-0.25, -0.2) is 13.2 Å². The molecule has 1 rings (SSSR count). The number of hydrogen-bond acceptors (Lipinski definition) is 9. The first kappa shape index (κ1) is 19.3. The Morgan fingerprint density at radius 2 is 1.71 bits per heavy atom. The SMILES string of the molecule is COC(=O)CC(=O)/C(=N\Nc1ccc(C[SH](=O)=O)cc1)C(=O)OC. The molecule has 1 aromatic rings. The van der Waals surface area contributed by atoms with Crippen LogP contribution in [-0.4, -0.2) is 46.1 Å². The number of rotatable bonds is 8. The van der Waals surface area contributed by atoms with E-state index in [0.717, 1.165) is 14.2 Å². The molecule has 0 amide bonds. The van der Waals surface area contributed by atoms with Crippen molar-refractivity contribution in [1.82, 2.24) is 0 Å². The highest BCUT2D eigenvalue weighted by molar-refractivity contribution is 7.71. The van der Waals surface area contributed by atoms with Crippen LogP contribution in [0.15, 0.2) is 29.4 Å². The Morgan fingerprint density at radius 1 is 1.08 bits per heavy atom. The fourth-order valence-corrected chi connectivity index (χ4v) is 2.07. The van der Waals surface area contributed by atoms with Crippen LogP contribution in [0.2, 0.25) is 0 Å². The number of anilines is 1. The molecule has 1 aromatic carbocycles. The van der Waals surface area contributed by atoms with Crippen molar-refractivity contribution in [3.8, 4) is 0 Å². The minimum absolute atomic E-state index is 0.0933. The van der Waals surface area contributed by atoms with E-state index in [4.69, 9.17) is 0 Å². The third-order valence-corrected chi connectivity index (χ3v) is 3.36. The fourth-order valence-electron chi connectivity index (χ4n) is 1.56. The van der Waals surface area contributed by atoms with Crippen molar-refractivity contribution in [2.45, 2.75) is 12.2 Å². The van der Waals surface area contributed by atoms with Crippen LogP contribution in [0.5, 0.6) is 0 Å². The lowest BCUT2D eigenvalue weighted by atomic mass is 10.2. The first-order valence-electron chi connectivity index (χ1n) is 6.60. The van der Waals surface area contributed by atoms with Crippen LogP contribution < -0.4 is 5.43 Å². The molecule has 0 atom stereocenters. The highest BCUT2D eigenvalue weighted by atomic mass is 32.2. The summed E-state index contributed by atoms with van der Waals surface area (Å²) in [7, 11) is -0.349. The smallest absolute Gasteiger partial charge is 0.362 e. The normalized spacial score (nSPS) is 11.0. The third-order valence-electron chi connectivity index (χ3n) is 2.74. The van der Waals surface area contributed by atoms with Crippen molar-refractivity contribution in [2.24, 2.45) is 5.10 Å². The highest BCUT2D eigenvalue weighted by Gasteiger charge is 2.24. The second-order valence-corrected chi connectivity index (χ2v) is 5.41. The molecule has 0 aliphatic heterocycles. The Bertz CT molecular complexity index is 715. The lowest BCUT2D eigenvalue weighted by Crippen LogP contribution is -2.28. The van der Waals surface area contributed by atoms with Crippen LogP contribution in [0.1, 0.15) is 12.0 Å². The summed E-state index contributed by atoms with van der Waals surface area (Å²) in [6.07, 6.45) is -0.651. The highest BCUT2D eigenvalue weighted by Crippen LogP contribution is 2.10. The van der Waals surface area contributed by atoms with E-state index in [0.29, 0.717) is 11.3 Å². The molecule has 130 valence electrons. The summed E-state index contributed by atoms with van der Waals surface area (Å²) in [4.78, 5) is 34.6. The van der Waals surface area contributed by atoms with Gasteiger partial charge in [0.15, 0.2) is 0 Å². The number of esters is 2. The molecule has 0 fully saturated rings. The zero-order chi connectivity index (χ0) is 18.1. The molecule has 0 aromatic heterocycles. The number of hydrazone groups is 1. The number of methoxy groups -OCH3 is 2. The van der Waals surface area contributed by atoms with Crippen LogP contribution in [0.3, 0.4) is 0 Å². The lowest BCUT2D eigenvalue weighted by molar-refractivity contribution is -0.142. The number of nitrogens with zero attached hydrogens (tertiary/aromatic N) is 1. The molecule has 0 aliphatic rings. The molecule has 0 saturated carbocycles. The summed E-state index contributed by atoms with van der Waals surface area (Å²) in [5, 5.41) is 3.66. The molecule has 10 heteroatoms. The van der Waals surface area contributed by atoms with E-state index >= 15 is 0 Å². The molecular weight excluding hydrogens is 340 g/mol. The average Bonchev–Trinajstić information content (AvgIpc) is 2.55. The van der Waals surface area contributed by atoms with E-state index in [2.05, 4.69) is 20.0 Å². The molecule has 9 nitrogen and oxygen atoms in total. The Morgan fingerprint density at radius 3 is 2.21 bits per heavy atom. The van der Waals surface area contributed by atoms with Gasteiger partial charge in [0.05, 0.1) is 25.7 Å². The number of carbonyl (C=O) groups excluding carboxylic acids is 3. The molecule has 0 spiro atoms. The largest absolute Gasteiger partial charge is 0.469 e. The van der Waals surface area contributed by atoms with Gasteiger partial charge < -0.3 is 9.47 Å². The second-order valence-electron chi connectivity index (χ2n) is 4.43. The molecule has 0 bridgehead atoms. The van der Waals surface area contributed by atoms with Gasteiger partial charge in [-0.3, -0.25) is 15.0 Å². The number of benzene rings is 1. The van der Waals surface area contributed by atoms with E-state index in [1.54, 1.807) is 12.1 Å². The number of ketones is 1. The molecular formula is C14H16N2O7S. The van der Waals surface area contributed by atoms with E-state index in [-0.39, 0.29) is 5.75 Å². The Kier molecular flexibility index (Phi) is 7.56. The van der Waals surface area contributed by atoms with E-state index < -0.39 is 40.6 Å². The number of Topliss-reactive ketones (excluding diaryl/α,β-unsaturated/α-hetero) is 1. The Hall–Kier alpha value is -2.75. The zero-order valence-corrected chi connectivity index (χ0v) is 13.9. The quantitative estimate of drug-likeness (QED) is 0.217. The predicted molar refractivity (Wildman–Crippen MR) is 85.2 cm³/mol. The van der Waals surface area contributed by atoms with Gasteiger partial charge in [-0.15, -0.1) is 0 Å². The molecule has 0 heterocycles. The Balaban J connectivity index is 2.89. The van der Waals surface area contributed by atoms with E-state index in [1.165, 1.54) is 12.1 Å². The van der Waals surface area contributed by atoms with Crippen molar-refractivity contribution in [2.75, 3.05) is 19.6 Å². The molecule has 1 N–H and O–H groups in total. The maximum atomic E-state index is 11.9. The minimum atomic E-state index is -2.53. The summed E-state index contributed by atoms with van der Waals surface area (Å²) in [6, 6.07) is 6.16. The van der Waals surface area contributed by atoms with Gasteiger partial charge in [0, 0.05) is 0 Å². The van der Waals surface area contributed by atoms with Crippen LogP contribution in [0.4, 0.5) is 5.69 Å². The summed E-state index contributed by atoms with van der Waals surface area (Å²) < 4.78 is 30.1. The van der Waals surface area contributed by atoms with Crippen molar-refractivity contribution < 1.29 is 32.3 Å². The number of thiol groups is 1. The van der Waals surface area contributed by atoms with Gasteiger partial charge in [-0.1, -0.05) is 12.1 Å². The molecule has 0 unspecified atom stereocenters. The summed E-state index contributed by atoms with van der Waals surface area (Å²) >= 11 is 0. The summed E-state index contributed by atoms with van der Waals surface area (Å²) in [5.41, 5.74) is 2.88. The van der Waals surface area contributed by atoms with Gasteiger partial charge in [0.2, 0.25) is 11.5 Å². The summed E-state index contributed by atoms with van der Waals surface area (Å²) in [6.45, 7) is 0. The predicted octanol–water partition coefficient (Wildman–Crippen LogP) is -0.129. The minimum Gasteiger partial charge on any atom is -0.469 e. The first-order valence-corrected chi connectivity index (χ1v) is 7.96. The molecule has 0 aliphatic carbocycles. The monoisotopic (exact) mass is 356 g/mol. The van der Waals surface area contributed by atoms with Gasteiger partial charge in [-0.05, 0) is 17.7 Å². The van der Waals surface area contributed by atoms with E-state index in [1.807, 2.05) is 0 Å². The van der Waals surface area contributed by atoms with Crippen LogP contribution >= 0.6 is 0 Å². The van der Waals surface area contributed by atoms with Crippen LogP contribution in [0.25, 0.3) is 0 Å². The number of ether oxygens (including phenoxy) is 2. The van der Waals surface area contributed by atoms with Crippen LogP contribution in [0, 0.1) is 0 Å². The molecule has 0 saturated heterocycles. The standard InChI is InChI=1S/C14H16N2O7S/c1-22-12(18)7-11(17)13(14(19)23-2)16-15-10-5-3-9(4-6-10)8-24(20)21/h3-6,15,24H,7-8H2,1-2H3/b16-13+. The lowest BCUT2D eigenvalue weighted by Gasteiger charge is -2.05. The number of carbonyl (C=O) groups is 3. The van der Waals surface area contributed by atoms with Crippen molar-refractivity contribution in [1.29, 1.82) is 0 Å². The van der Waals surface area contributed by atoms with Gasteiger partial charge in [0.1, 0.15) is 17.1 Å².